The summed E-state index contributed by atoms with van der Waals surface area (Å²) in [7, 11) is 1.49. The Labute approximate surface area is 227 Å². The molecule has 0 radical (unpaired) electrons. The summed E-state index contributed by atoms with van der Waals surface area (Å²) in [5, 5.41) is 11.3. The van der Waals surface area contributed by atoms with Gasteiger partial charge in [-0.15, -0.1) is 11.3 Å². The Morgan fingerprint density at radius 3 is 2.56 bits per heavy atom. The number of halogens is 3. The van der Waals surface area contributed by atoms with E-state index in [1.807, 2.05) is 6.92 Å². The van der Waals surface area contributed by atoms with Gasteiger partial charge in [-0.25, -0.2) is 9.97 Å². The second-order valence-corrected chi connectivity index (χ2v) is 10.9. The molecule has 15 heteroatoms. The Morgan fingerprint density at radius 2 is 2.00 bits per heavy atom. The van der Waals surface area contributed by atoms with E-state index in [1.165, 1.54) is 7.05 Å². The second-order valence-electron chi connectivity index (χ2n) is 9.90. The predicted octanol–water partition coefficient (Wildman–Crippen LogP) is 3.07. The number of nitrogens with one attached hydrogen (secondary N) is 4. The number of aromatic nitrogens is 2. The number of amidine groups is 1. The molecule has 0 spiro atoms. The van der Waals surface area contributed by atoms with Gasteiger partial charge in [-0.1, -0.05) is 0 Å². The normalized spacial score (nSPS) is 16.2. The van der Waals surface area contributed by atoms with E-state index in [2.05, 4.69) is 36.4 Å². The van der Waals surface area contributed by atoms with Gasteiger partial charge in [0.1, 0.15) is 17.3 Å². The zero-order valence-corrected chi connectivity index (χ0v) is 23.0. The number of likely N-dealkylation sites (tertiary alicyclic amines) is 1. The second kappa shape index (κ2) is 12.0. The van der Waals surface area contributed by atoms with Gasteiger partial charge in [-0.2, -0.15) is 18.3 Å². The maximum atomic E-state index is 14.3. The average Bonchev–Trinajstić information content (AvgIpc) is 3.47. The lowest BCUT2D eigenvalue weighted by atomic mass is 10.1. The molecule has 39 heavy (non-hydrogen) atoms. The number of hydrazone groups is 1. The van der Waals surface area contributed by atoms with Gasteiger partial charge in [-0.3, -0.25) is 14.4 Å². The highest BCUT2D eigenvalue weighted by Gasteiger charge is 2.38. The van der Waals surface area contributed by atoms with Gasteiger partial charge in [0.15, 0.2) is 5.01 Å². The van der Waals surface area contributed by atoms with Crippen LogP contribution in [-0.4, -0.2) is 70.6 Å². The summed E-state index contributed by atoms with van der Waals surface area (Å²) in [6.45, 7) is 7.43. The van der Waals surface area contributed by atoms with Crippen LogP contribution >= 0.6 is 11.3 Å². The standard InChI is InChI=1S/C24H31F3N8O3S/c1-13-7-6-8-35(13)22(38)18-19(39-21(32-18)20(37)30-11-17(31-12-36)34-28-5)14-10-29-16(33-23(2,3)4)9-15(14)24(25,26)27/h9-10,12-13,28H,6-8,11H2,1-5H3,(H,29,33)(H,30,37)(H,31,34,36). The van der Waals surface area contributed by atoms with Crippen LogP contribution in [-0.2, 0) is 11.0 Å². The molecule has 1 atom stereocenters. The van der Waals surface area contributed by atoms with Crippen molar-refractivity contribution in [2.75, 3.05) is 25.5 Å². The SMILES string of the molecule is CN/N=C(/CNC(=O)c1nc(C(=O)N2CCCC2C)c(-c2cnc(NC(C)(C)C)cc2C(F)(F)F)s1)NC=O. The van der Waals surface area contributed by atoms with Crippen molar-refractivity contribution in [2.45, 2.75) is 58.3 Å². The van der Waals surface area contributed by atoms with Crippen LogP contribution in [0.5, 0.6) is 0 Å². The summed E-state index contributed by atoms with van der Waals surface area (Å²) in [4.78, 5) is 47.0. The monoisotopic (exact) mass is 568 g/mol. The van der Waals surface area contributed by atoms with Crippen LogP contribution in [0.2, 0.25) is 0 Å². The molecule has 11 nitrogen and oxygen atoms in total. The average molecular weight is 569 g/mol. The van der Waals surface area contributed by atoms with Crippen molar-refractivity contribution in [1.29, 1.82) is 0 Å². The lowest BCUT2D eigenvalue weighted by molar-refractivity contribution is -0.137. The number of nitrogens with zero attached hydrogens (tertiary/aromatic N) is 4. The highest BCUT2D eigenvalue weighted by molar-refractivity contribution is 7.17. The number of hydrogen-bond acceptors (Lipinski definition) is 9. The number of anilines is 1. The molecule has 3 heterocycles. The van der Waals surface area contributed by atoms with E-state index in [-0.39, 0.29) is 45.4 Å². The largest absolute Gasteiger partial charge is 0.417 e. The van der Waals surface area contributed by atoms with Crippen molar-refractivity contribution in [3.63, 3.8) is 0 Å². The van der Waals surface area contributed by atoms with Crippen LogP contribution in [0.3, 0.4) is 0 Å². The summed E-state index contributed by atoms with van der Waals surface area (Å²) in [6, 6.07) is 0.760. The third-order valence-electron chi connectivity index (χ3n) is 5.68. The van der Waals surface area contributed by atoms with E-state index in [0.29, 0.717) is 24.3 Å². The molecule has 3 amide bonds. The molecule has 1 aliphatic rings. The molecule has 1 fully saturated rings. The Bertz CT molecular complexity index is 1260. The summed E-state index contributed by atoms with van der Waals surface area (Å²) >= 11 is 0.660. The van der Waals surface area contributed by atoms with E-state index in [9.17, 15) is 27.6 Å². The summed E-state index contributed by atoms with van der Waals surface area (Å²) in [5.41, 5.74) is 0.309. The number of carbonyl (C=O) groups is 3. The number of carbonyl (C=O) groups excluding carboxylic acids is 3. The van der Waals surface area contributed by atoms with Gasteiger partial charge in [0.25, 0.3) is 11.8 Å². The molecule has 2 aromatic rings. The smallest absolute Gasteiger partial charge is 0.365 e. The number of hydrogen-bond donors (Lipinski definition) is 4. The Hall–Kier alpha value is -3.75. The van der Waals surface area contributed by atoms with Crippen molar-refractivity contribution in [2.24, 2.45) is 5.10 Å². The fraction of sp³-hybridized carbons (Fsp3) is 0.500. The first-order valence-electron chi connectivity index (χ1n) is 12.1. The molecule has 0 aromatic carbocycles. The van der Waals surface area contributed by atoms with Gasteiger partial charge in [-0.05, 0) is 46.6 Å². The van der Waals surface area contributed by atoms with E-state index in [4.69, 9.17) is 0 Å². The lowest BCUT2D eigenvalue weighted by Crippen LogP contribution is -2.37. The summed E-state index contributed by atoms with van der Waals surface area (Å²) < 4.78 is 42.8. The van der Waals surface area contributed by atoms with Crippen LogP contribution in [0.1, 0.15) is 66.4 Å². The Balaban J connectivity index is 2.09. The maximum absolute atomic E-state index is 14.3. The van der Waals surface area contributed by atoms with Crippen molar-refractivity contribution < 1.29 is 27.6 Å². The predicted molar refractivity (Wildman–Crippen MR) is 141 cm³/mol. The summed E-state index contributed by atoms with van der Waals surface area (Å²) in [6.07, 6.45) is -1.86. The third kappa shape index (κ3) is 7.43. The zero-order chi connectivity index (χ0) is 29.0. The van der Waals surface area contributed by atoms with Crippen LogP contribution in [0, 0.1) is 0 Å². The van der Waals surface area contributed by atoms with Gasteiger partial charge in [0.05, 0.1) is 17.0 Å². The highest BCUT2D eigenvalue weighted by atomic mass is 32.1. The molecule has 0 aliphatic carbocycles. The molecule has 1 aliphatic heterocycles. The zero-order valence-electron chi connectivity index (χ0n) is 22.2. The fourth-order valence-electron chi connectivity index (χ4n) is 4.00. The van der Waals surface area contributed by atoms with Gasteiger partial charge in [0, 0.05) is 36.9 Å². The van der Waals surface area contributed by atoms with E-state index < -0.39 is 29.1 Å². The lowest BCUT2D eigenvalue weighted by Gasteiger charge is -2.23. The minimum Gasteiger partial charge on any atom is -0.365 e. The molecule has 2 aromatic heterocycles. The van der Waals surface area contributed by atoms with Crippen LogP contribution in [0.15, 0.2) is 17.4 Å². The van der Waals surface area contributed by atoms with Crippen LogP contribution in [0.4, 0.5) is 19.0 Å². The first-order chi connectivity index (χ1) is 18.2. The summed E-state index contributed by atoms with van der Waals surface area (Å²) in [5.74, 6) is -1.21. The molecule has 1 saturated heterocycles. The van der Waals surface area contributed by atoms with E-state index in [1.54, 1.807) is 25.7 Å². The topological polar surface area (TPSA) is 141 Å². The maximum Gasteiger partial charge on any atom is 0.417 e. The number of rotatable bonds is 8. The highest BCUT2D eigenvalue weighted by Crippen LogP contribution is 2.42. The van der Waals surface area contributed by atoms with Crippen molar-refractivity contribution in [3.8, 4) is 10.4 Å². The minimum atomic E-state index is -4.78. The number of amides is 3. The van der Waals surface area contributed by atoms with Crippen molar-refractivity contribution in [3.05, 3.63) is 28.5 Å². The molecule has 212 valence electrons. The molecular formula is C24H31F3N8O3S. The van der Waals surface area contributed by atoms with Gasteiger partial charge in [0.2, 0.25) is 6.41 Å². The third-order valence-corrected chi connectivity index (χ3v) is 6.77. The minimum absolute atomic E-state index is 0.0149. The first kappa shape index (κ1) is 29.8. The first-order valence-corrected chi connectivity index (χ1v) is 13.0. The van der Waals surface area contributed by atoms with Crippen molar-refractivity contribution >= 4 is 41.2 Å². The number of pyridine rings is 1. The van der Waals surface area contributed by atoms with Crippen molar-refractivity contribution in [1.82, 2.24) is 30.9 Å². The van der Waals surface area contributed by atoms with Crippen LogP contribution in [0.25, 0.3) is 10.4 Å². The molecular weight excluding hydrogens is 537 g/mol. The molecule has 3 rings (SSSR count). The van der Waals surface area contributed by atoms with Crippen LogP contribution < -0.4 is 21.4 Å². The van der Waals surface area contributed by atoms with Gasteiger partial charge < -0.3 is 26.3 Å². The molecule has 0 saturated carbocycles. The van der Waals surface area contributed by atoms with E-state index in [0.717, 1.165) is 25.1 Å². The molecule has 0 bridgehead atoms. The Kier molecular flexibility index (Phi) is 9.14. The fourth-order valence-corrected chi connectivity index (χ4v) is 5.00. The Morgan fingerprint density at radius 1 is 1.28 bits per heavy atom. The molecule has 4 N–H and O–H groups in total. The van der Waals surface area contributed by atoms with Gasteiger partial charge >= 0.3 is 6.18 Å². The molecule has 1 unspecified atom stereocenters. The number of alkyl halides is 3. The quantitative estimate of drug-likeness (QED) is 0.166. The number of thiazole rings is 1. The van der Waals surface area contributed by atoms with E-state index >= 15 is 0 Å².